The molecule has 1 atom stereocenters. The summed E-state index contributed by atoms with van der Waals surface area (Å²) in [5.41, 5.74) is 1.55. The first-order chi connectivity index (χ1) is 10.0. The summed E-state index contributed by atoms with van der Waals surface area (Å²) in [6.45, 7) is 1.66. The summed E-state index contributed by atoms with van der Waals surface area (Å²) < 4.78 is 6.25. The van der Waals surface area contributed by atoms with E-state index in [0.717, 1.165) is 5.56 Å². The Hall–Kier alpha value is -2.22. The smallest absolute Gasteiger partial charge is 0.275 e. The minimum Gasteiger partial charge on any atom is -0.393 e. The number of aryl methyl sites for hydroxylation is 2. The average molecular weight is 291 g/mol. The first kappa shape index (κ1) is 13.7. The normalized spacial score (nSPS) is 22.6. The highest BCUT2D eigenvalue weighted by Crippen LogP contribution is 2.38. The Bertz CT molecular complexity index is 644. The Labute approximate surface area is 121 Å². The van der Waals surface area contributed by atoms with Crippen molar-refractivity contribution in [1.29, 1.82) is 0 Å². The number of hydrogen-bond acceptors (Lipinski definition) is 6. The summed E-state index contributed by atoms with van der Waals surface area (Å²) in [6.07, 6.45) is 4.63. The van der Waals surface area contributed by atoms with Gasteiger partial charge in [0.1, 0.15) is 5.69 Å². The molecule has 1 amide bonds. The zero-order chi connectivity index (χ0) is 15.0. The molecule has 8 heteroatoms. The standard InChI is InChI=1S/C13H17N5O3/c1-7-11(17-21-16-7)13(20)15-12(8-3-10(19)4-8)9-5-14-18(2)6-9/h5-6,8,10,12,19H,3-4H2,1-2H3,(H,15,20)/t8?,10?,12-/m1/s1. The van der Waals surface area contributed by atoms with Gasteiger partial charge in [0.25, 0.3) is 5.91 Å². The van der Waals surface area contributed by atoms with Crippen molar-refractivity contribution >= 4 is 5.91 Å². The summed E-state index contributed by atoms with van der Waals surface area (Å²) in [4.78, 5) is 12.3. The molecule has 1 saturated carbocycles. The van der Waals surface area contributed by atoms with E-state index in [9.17, 15) is 9.90 Å². The lowest BCUT2D eigenvalue weighted by Gasteiger charge is -2.37. The lowest BCUT2D eigenvalue weighted by atomic mass is 9.75. The zero-order valence-corrected chi connectivity index (χ0v) is 11.9. The Kier molecular flexibility index (Phi) is 3.46. The third-order valence-electron chi connectivity index (χ3n) is 3.86. The topological polar surface area (TPSA) is 106 Å². The number of carbonyl (C=O) groups excluding carboxylic acids is 1. The van der Waals surface area contributed by atoms with E-state index in [1.165, 1.54) is 0 Å². The van der Waals surface area contributed by atoms with Crippen molar-refractivity contribution in [3.8, 4) is 0 Å². The van der Waals surface area contributed by atoms with Crippen LogP contribution in [0.2, 0.25) is 0 Å². The summed E-state index contributed by atoms with van der Waals surface area (Å²) >= 11 is 0. The molecule has 2 aromatic heterocycles. The average Bonchev–Trinajstić information content (AvgIpc) is 3.01. The van der Waals surface area contributed by atoms with E-state index < -0.39 is 0 Å². The lowest BCUT2D eigenvalue weighted by molar-refractivity contribution is 0.0234. The molecule has 0 spiro atoms. The third kappa shape index (κ3) is 2.66. The highest BCUT2D eigenvalue weighted by molar-refractivity contribution is 5.93. The van der Waals surface area contributed by atoms with Gasteiger partial charge < -0.3 is 10.4 Å². The van der Waals surface area contributed by atoms with Gasteiger partial charge in [0.15, 0.2) is 5.69 Å². The van der Waals surface area contributed by atoms with Crippen LogP contribution in [-0.2, 0) is 7.05 Å². The van der Waals surface area contributed by atoms with Crippen LogP contribution in [0.1, 0.15) is 40.6 Å². The molecule has 1 aliphatic carbocycles. The van der Waals surface area contributed by atoms with Crippen LogP contribution in [0, 0.1) is 12.8 Å². The van der Waals surface area contributed by atoms with Crippen molar-refractivity contribution in [2.24, 2.45) is 13.0 Å². The minimum atomic E-state index is -0.330. The second-order valence-electron chi connectivity index (χ2n) is 5.48. The van der Waals surface area contributed by atoms with Gasteiger partial charge >= 0.3 is 0 Å². The maximum absolute atomic E-state index is 12.3. The van der Waals surface area contributed by atoms with Crippen molar-refractivity contribution in [2.75, 3.05) is 0 Å². The molecule has 8 nitrogen and oxygen atoms in total. The van der Waals surface area contributed by atoms with E-state index in [0.29, 0.717) is 18.5 Å². The third-order valence-corrected chi connectivity index (χ3v) is 3.86. The van der Waals surface area contributed by atoms with Crippen LogP contribution in [0.25, 0.3) is 0 Å². The number of aliphatic hydroxyl groups is 1. The van der Waals surface area contributed by atoms with Crippen LogP contribution in [-0.4, -0.2) is 37.2 Å². The van der Waals surface area contributed by atoms with E-state index >= 15 is 0 Å². The number of nitrogens with zero attached hydrogens (tertiary/aromatic N) is 4. The summed E-state index contributed by atoms with van der Waals surface area (Å²) in [7, 11) is 1.82. The number of nitrogens with one attached hydrogen (secondary N) is 1. The highest BCUT2D eigenvalue weighted by atomic mass is 16.6. The van der Waals surface area contributed by atoms with Crippen molar-refractivity contribution in [2.45, 2.75) is 31.9 Å². The van der Waals surface area contributed by atoms with Crippen LogP contribution in [0.15, 0.2) is 17.0 Å². The van der Waals surface area contributed by atoms with Crippen molar-refractivity contribution < 1.29 is 14.5 Å². The van der Waals surface area contributed by atoms with Crippen LogP contribution < -0.4 is 5.32 Å². The predicted octanol–water partition coefficient (Wildman–Crippen LogP) is 0.354. The second kappa shape index (κ2) is 5.28. The lowest BCUT2D eigenvalue weighted by Crippen LogP contribution is -2.41. The van der Waals surface area contributed by atoms with E-state index in [4.69, 9.17) is 0 Å². The second-order valence-corrected chi connectivity index (χ2v) is 5.48. The largest absolute Gasteiger partial charge is 0.393 e. The van der Waals surface area contributed by atoms with Crippen molar-refractivity contribution in [3.05, 3.63) is 29.3 Å². The van der Waals surface area contributed by atoms with Crippen LogP contribution in [0.5, 0.6) is 0 Å². The van der Waals surface area contributed by atoms with E-state index in [1.807, 2.05) is 13.2 Å². The molecule has 2 heterocycles. The minimum absolute atomic E-state index is 0.184. The van der Waals surface area contributed by atoms with Gasteiger partial charge in [0.2, 0.25) is 0 Å². The molecule has 21 heavy (non-hydrogen) atoms. The number of aromatic nitrogens is 4. The molecule has 0 radical (unpaired) electrons. The van der Waals surface area contributed by atoms with Gasteiger partial charge in [0, 0.05) is 18.8 Å². The predicted molar refractivity (Wildman–Crippen MR) is 71.2 cm³/mol. The summed E-state index contributed by atoms with van der Waals surface area (Å²) in [5, 5.41) is 23.8. The van der Waals surface area contributed by atoms with Crippen LogP contribution >= 0.6 is 0 Å². The molecule has 1 fully saturated rings. The quantitative estimate of drug-likeness (QED) is 0.842. The molecule has 0 saturated heterocycles. The van der Waals surface area contributed by atoms with Gasteiger partial charge in [-0.2, -0.15) is 5.10 Å². The van der Waals surface area contributed by atoms with E-state index in [2.05, 4.69) is 25.4 Å². The fourth-order valence-corrected chi connectivity index (χ4v) is 2.62. The summed E-state index contributed by atoms with van der Waals surface area (Å²) in [6, 6.07) is -0.203. The molecule has 0 unspecified atom stereocenters. The Morgan fingerprint density at radius 3 is 2.81 bits per heavy atom. The molecule has 2 N–H and O–H groups in total. The Balaban J connectivity index is 1.79. The molecule has 2 aromatic rings. The van der Waals surface area contributed by atoms with E-state index in [1.54, 1.807) is 17.8 Å². The van der Waals surface area contributed by atoms with Gasteiger partial charge in [-0.25, -0.2) is 4.63 Å². The SMILES string of the molecule is Cc1nonc1C(=O)N[C@@H](c1cnn(C)c1)C1CC(O)C1. The molecule has 112 valence electrons. The maximum atomic E-state index is 12.3. The zero-order valence-electron chi connectivity index (χ0n) is 11.9. The number of rotatable bonds is 4. The monoisotopic (exact) mass is 291 g/mol. The van der Waals surface area contributed by atoms with Gasteiger partial charge in [-0.3, -0.25) is 9.48 Å². The van der Waals surface area contributed by atoms with Crippen LogP contribution in [0.4, 0.5) is 0 Å². The first-order valence-electron chi connectivity index (χ1n) is 6.81. The van der Waals surface area contributed by atoms with Gasteiger partial charge in [-0.15, -0.1) is 0 Å². The summed E-state index contributed by atoms with van der Waals surface area (Å²) in [5.74, 6) is -0.141. The van der Waals surface area contributed by atoms with Crippen molar-refractivity contribution in [1.82, 2.24) is 25.4 Å². The molecule has 0 bridgehead atoms. The van der Waals surface area contributed by atoms with Crippen molar-refractivity contribution in [3.63, 3.8) is 0 Å². The molecular formula is C13H17N5O3. The number of amides is 1. The maximum Gasteiger partial charge on any atom is 0.275 e. The van der Waals surface area contributed by atoms with Crippen LogP contribution in [0.3, 0.4) is 0 Å². The number of hydrogen-bond donors (Lipinski definition) is 2. The fraction of sp³-hybridized carbons (Fsp3) is 0.538. The molecule has 0 aliphatic heterocycles. The highest BCUT2D eigenvalue weighted by Gasteiger charge is 2.36. The molecule has 0 aromatic carbocycles. The molecular weight excluding hydrogens is 274 g/mol. The molecule has 1 aliphatic rings. The fourth-order valence-electron chi connectivity index (χ4n) is 2.62. The Morgan fingerprint density at radius 1 is 1.52 bits per heavy atom. The van der Waals surface area contributed by atoms with Gasteiger partial charge in [-0.1, -0.05) is 5.16 Å². The van der Waals surface area contributed by atoms with Gasteiger partial charge in [-0.05, 0) is 30.8 Å². The number of aliphatic hydroxyl groups excluding tert-OH is 1. The van der Waals surface area contributed by atoms with E-state index in [-0.39, 0.29) is 29.7 Å². The molecule has 3 rings (SSSR count). The first-order valence-corrected chi connectivity index (χ1v) is 6.81. The number of carbonyl (C=O) groups is 1. The van der Waals surface area contributed by atoms with Gasteiger partial charge in [0.05, 0.1) is 18.3 Å². The Morgan fingerprint density at radius 2 is 2.29 bits per heavy atom.